The van der Waals surface area contributed by atoms with Gasteiger partial charge in [0.05, 0.1) is 0 Å². The fraction of sp³-hybridized carbons (Fsp3) is 0.571. The Balaban J connectivity index is 1.85. The van der Waals surface area contributed by atoms with Crippen molar-refractivity contribution in [2.75, 3.05) is 13.1 Å². The molecule has 0 saturated heterocycles. The Morgan fingerprint density at radius 1 is 1.28 bits per heavy atom. The van der Waals surface area contributed by atoms with E-state index in [4.69, 9.17) is 5.73 Å². The molecule has 1 heterocycles. The van der Waals surface area contributed by atoms with Crippen LogP contribution >= 0.6 is 0 Å². The van der Waals surface area contributed by atoms with E-state index in [1.807, 2.05) is 0 Å². The molecule has 4 nitrogen and oxygen atoms in total. The Labute approximate surface area is 108 Å². The van der Waals surface area contributed by atoms with Gasteiger partial charge in [-0.05, 0) is 43.4 Å². The molecule has 1 saturated carbocycles. The molecule has 0 aromatic carbocycles. The zero-order chi connectivity index (χ0) is 12.8. The van der Waals surface area contributed by atoms with E-state index < -0.39 is 0 Å². The molecule has 2 atom stereocenters. The van der Waals surface area contributed by atoms with E-state index in [-0.39, 0.29) is 5.91 Å². The topological polar surface area (TPSA) is 68.0 Å². The third-order valence-corrected chi connectivity index (χ3v) is 3.84. The zero-order valence-corrected chi connectivity index (χ0v) is 10.6. The van der Waals surface area contributed by atoms with Crippen molar-refractivity contribution in [3.63, 3.8) is 0 Å². The highest BCUT2D eigenvalue weighted by Crippen LogP contribution is 2.28. The summed E-state index contributed by atoms with van der Waals surface area (Å²) < 4.78 is 0. The van der Waals surface area contributed by atoms with Crippen LogP contribution in [0.15, 0.2) is 24.5 Å². The third kappa shape index (κ3) is 3.29. The Kier molecular flexibility index (Phi) is 4.70. The van der Waals surface area contributed by atoms with E-state index in [0.29, 0.717) is 17.4 Å². The summed E-state index contributed by atoms with van der Waals surface area (Å²) in [5.74, 6) is 1.09. The van der Waals surface area contributed by atoms with E-state index in [0.717, 1.165) is 13.1 Å². The third-order valence-electron chi connectivity index (χ3n) is 3.84. The second kappa shape index (κ2) is 6.50. The minimum Gasteiger partial charge on any atom is -0.352 e. The normalized spacial score (nSPS) is 23.6. The molecule has 1 fully saturated rings. The Morgan fingerprint density at radius 3 is 2.61 bits per heavy atom. The maximum absolute atomic E-state index is 11.9. The van der Waals surface area contributed by atoms with Gasteiger partial charge < -0.3 is 11.1 Å². The molecule has 0 spiro atoms. The summed E-state index contributed by atoms with van der Waals surface area (Å²) in [6.45, 7) is 1.47. The van der Waals surface area contributed by atoms with Gasteiger partial charge in [0.2, 0.25) is 0 Å². The molecule has 4 heteroatoms. The number of nitrogens with one attached hydrogen (secondary N) is 1. The molecule has 1 aliphatic carbocycles. The fourth-order valence-electron chi connectivity index (χ4n) is 2.69. The maximum atomic E-state index is 11.9. The lowest BCUT2D eigenvalue weighted by Gasteiger charge is -2.30. The first-order valence-electron chi connectivity index (χ1n) is 6.69. The van der Waals surface area contributed by atoms with Crippen LogP contribution in [0, 0.1) is 11.8 Å². The first-order chi connectivity index (χ1) is 8.81. The number of carbonyl (C=O) groups excluding carboxylic acids is 1. The monoisotopic (exact) mass is 247 g/mol. The van der Waals surface area contributed by atoms with Gasteiger partial charge in [-0.25, -0.2) is 0 Å². The number of nitrogens with zero attached hydrogens (tertiary/aromatic N) is 1. The molecule has 0 radical (unpaired) electrons. The second-order valence-electron chi connectivity index (χ2n) is 4.99. The van der Waals surface area contributed by atoms with E-state index in [1.54, 1.807) is 24.5 Å². The van der Waals surface area contributed by atoms with Crippen molar-refractivity contribution in [1.82, 2.24) is 10.3 Å². The zero-order valence-electron chi connectivity index (χ0n) is 10.6. The van der Waals surface area contributed by atoms with Crippen molar-refractivity contribution >= 4 is 5.91 Å². The standard InChI is InChI=1S/C14H21N3O/c15-9-12-3-1-2-4-13(12)10-17-14(18)11-5-7-16-8-6-11/h5-8,12-13H,1-4,9-10,15H2,(H,17,18). The number of hydrogen-bond donors (Lipinski definition) is 2. The highest BCUT2D eigenvalue weighted by atomic mass is 16.1. The quantitative estimate of drug-likeness (QED) is 0.848. The lowest BCUT2D eigenvalue weighted by Crippen LogP contribution is -2.36. The van der Waals surface area contributed by atoms with Crippen molar-refractivity contribution in [2.24, 2.45) is 17.6 Å². The number of aromatic nitrogens is 1. The summed E-state index contributed by atoms with van der Waals surface area (Å²) in [7, 11) is 0. The summed E-state index contributed by atoms with van der Waals surface area (Å²) in [6, 6.07) is 3.47. The van der Waals surface area contributed by atoms with Gasteiger partial charge in [-0.15, -0.1) is 0 Å². The van der Waals surface area contributed by atoms with Crippen LogP contribution in [0.25, 0.3) is 0 Å². The Morgan fingerprint density at radius 2 is 1.94 bits per heavy atom. The van der Waals surface area contributed by atoms with Gasteiger partial charge in [0.1, 0.15) is 0 Å². The van der Waals surface area contributed by atoms with E-state index in [2.05, 4.69) is 10.3 Å². The molecule has 3 N–H and O–H groups in total. The van der Waals surface area contributed by atoms with Crippen molar-refractivity contribution in [3.05, 3.63) is 30.1 Å². The summed E-state index contributed by atoms with van der Waals surface area (Å²) in [5.41, 5.74) is 6.46. The Hall–Kier alpha value is -1.42. The van der Waals surface area contributed by atoms with Crippen LogP contribution in [-0.2, 0) is 0 Å². The fourth-order valence-corrected chi connectivity index (χ4v) is 2.69. The van der Waals surface area contributed by atoms with Gasteiger partial charge in [0.15, 0.2) is 0 Å². The molecule has 1 aliphatic rings. The van der Waals surface area contributed by atoms with Crippen LogP contribution < -0.4 is 11.1 Å². The van der Waals surface area contributed by atoms with E-state index in [1.165, 1.54) is 25.7 Å². The molecule has 98 valence electrons. The number of nitrogens with two attached hydrogens (primary N) is 1. The van der Waals surface area contributed by atoms with Crippen LogP contribution in [0.2, 0.25) is 0 Å². The lowest BCUT2D eigenvalue weighted by molar-refractivity contribution is 0.0935. The van der Waals surface area contributed by atoms with Gasteiger partial charge in [0, 0.05) is 24.5 Å². The molecule has 1 amide bonds. The minimum atomic E-state index is -0.0151. The molecule has 2 unspecified atom stereocenters. The predicted octanol–water partition coefficient (Wildman–Crippen LogP) is 1.58. The summed E-state index contributed by atoms with van der Waals surface area (Å²) in [4.78, 5) is 15.8. The van der Waals surface area contributed by atoms with Crippen LogP contribution in [-0.4, -0.2) is 24.0 Å². The van der Waals surface area contributed by atoms with Gasteiger partial charge in [-0.3, -0.25) is 9.78 Å². The summed E-state index contributed by atoms with van der Waals surface area (Å²) >= 11 is 0. The molecular weight excluding hydrogens is 226 g/mol. The van der Waals surface area contributed by atoms with Crippen molar-refractivity contribution in [2.45, 2.75) is 25.7 Å². The molecule has 0 bridgehead atoms. The number of carbonyl (C=O) groups is 1. The van der Waals surface area contributed by atoms with Crippen LogP contribution in [0.4, 0.5) is 0 Å². The highest BCUT2D eigenvalue weighted by molar-refractivity contribution is 5.93. The van der Waals surface area contributed by atoms with Crippen LogP contribution in [0.3, 0.4) is 0 Å². The van der Waals surface area contributed by atoms with E-state index >= 15 is 0 Å². The summed E-state index contributed by atoms with van der Waals surface area (Å²) in [5, 5.41) is 3.01. The van der Waals surface area contributed by atoms with Crippen LogP contribution in [0.5, 0.6) is 0 Å². The molecule has 1 aromatic heterocycles. The number of pyridine rings is 1. The number of amides is 1. The minimum absolute atomic E-state index is 0.0151. The SMILES string of the molecule is NCC1CCCCC1CNC(=O)c1ccncc1. The predicted molar refractivity (Wildman–Crippen MR) is 71.1 cm³/mol. The first-order valence-corrected chi connectivity index (χ1v) is 6.69. The average molecular weight is 247 g/mol. The highest BCUT2D eigenvalue weighted by Gasteiger charge is 2.24. The number of rotatable bonds is 4. The smallest absolute Gasteiger partial charge is 0.251 e. The first kappa shape index (κ1) is 13.0. The van der Waals surface area contributed by atoms with Crippen molar-refractivity contribution in [3.8, 4) is 0 Å². The van der Waals surface area contributed by atoms with Crippen LogP contribution in [0.1, 0.15) is 36.0 Å². The lowest BCUT2D eigenvalue weighted by atomic mass is 9.79. The van der Waals surface area contributed by atoms with Gasteiger partial charge in [-0.2, -0.15) is 0 Å². The molecule has 1 aromatic rings. The molecule has 2 rings (SSSR count). The average Bonchev–Trinajstić information content (AvgIpc) is 2.46. The van der Waals surface area contributed by atoms with Crippen molar-refractivity contribution in [1.29, 1.82) is 0 Å². The van der Waals surface area contributed by atoms with E-state index in [9.17, 15) is 4.79 Å². The number of hydrogen-bond acceptors (Lipinski definition) is 3. The maximum Gasteiger partial charge on any atom is 0.251 e. The largest absolute Gasteiger partial charge is 0.352 e. The van der Waals surface area contributed by atoms with Gasteiger partial charge >= 0.3 is 0 Å². The molecule has 18 heavy (non-hydrogen) atoms. The molecule has 0 aliphatic heterocycles. The summed E-state index contributed by atoms with van der Waals surface area (Å²) in [6.07, 6.45) is 8.18. The van der Waals surface area contributed by atoms with Gasteiger partial charge in [0.25, 0.3) is 5.91 Å². The van der Waals surface area contributed by atoms with Crippen molar-refractivity contribution < 1.29 is 4.79 Å². The Bertz CT molecular complexity index is 380. The molecular formula is C14H21N3O. The second-order valence-corrected chi connectivity index (χ2v) is 4.99. The van der Waals surface area contributed by atoms with Gasteiger partial charge in [-0.1, -0.05) is 12.8 Å².